The molecule has 0 radical (unpaired) electrons. The van der Waals surface area contributed by atoms with E-state index in [4.69, 9.17) is 4.74 Å². The molecule has 9 nitrogen and oxygen atoms in total. The van der Waals surface area contributed by atoms with E-state index in [0.717, 1.165) is 21.9 Å². The number of carbonyl (C=O) groups is 2. The summed E-state index contributed by atoms with van der Waals surface area (Å²) in [6.45, 7) is 4.50. The van der Waals surface area contributed by atoms with Crippen molar-refractivity contribution in [3.8, 4) is 0 Å². The molecule has 0 bridgehead atoms. The topological polar surface area (TPSA) is 125 Å². The lowest BCUT2D eigenvalue weighted by Gasteiger charge is -2.29. The molecule has 0 saturated carbocycles. The number of hydrogen-bond acceptors (Lipinski definition) is 7. The number of nitrogens with zero attached hydrogens (tertiary/aromatic N) is 1. The minimum atomic E-state index is -0.749. The van der Waals surface area contributed by atoms with E-state index in [-0.39, 0.29) is 30.5 Å². The highest BCUT2D eigenvalue weighted by Crippen LogP contribution is 2.32. The first-order chi connectivity index (χ1) is 17.4. The Morgan fingerprint density at radius 1 is 1.14 bits per heavy atom. The second-order valence-corrected chi connectivity index (χ2v) is 9.25. The summed E-state index contributed by atoms with van der Waals surface area (Å²) in [4.78, 5) is 30.0. The molecule has 3 aromatic rings. The molecule has 5 N–H and O–H groups in total. The Morgan fingerprint density at radius 2 is 1.92 bits per heavy atom. The van der Waals surface area contributed by atoms with E-state index in [1.54, 1.807) is 19.3 Å². The molecule has 1 saturated heterocycles. The molecule has 0 aliphatic carbocycles. The van der Waals surface area contributed by atoms with Gasteiger partial charge in [-0.05, 0) is 55.3 Å². The maximum atomic E-state index is 13.4. The smallest absolute Gasteiger partial charge is 0.270 e. The molecule has 2 atom stereocenters. The van der Waals surface area contributed by atoms with Crippen LogP contribution in [0.5, 0.6) is 0 Å². The van der Waals surface area contributed by atoms with E-state index in [1.807, 2.05) is 50.2 Å². The number of fused-ring (bicyclic) bond motifs is 1. The summed E-state index contributed by atoms with van der Waals surface area (Å²) in [6, 6.07) is 13.0. The van der Waals surface area contributed by atoms with Gasteiger partial charge in [-0.25, -0.2) is 5.43 Å². The molecule has 1 aliphatic heterocycles. The zero-order chi connectivity index (χ0) is 25.7. The second-order valence-electron chi connectivity index (χ2n) is 9.25. The highest BCUT2D eigenvalue weighted by Gasteiger charge is 2.27. The summed E-state index contributed by atoms with van der Waals surface area (Å²) in [5.74, 6) is -0.483. The summed E-state index contributed by atoms with van der Waals surface area (Å²) >= 11 is 0. The number of carbonyl (C=O) groups excluding carboxylic acids is 2. The zero-order valence-electron chi connectivity index (χ0n) is 20.8. The fraction of sp³-hybridized carbons (Fsp3) is 0.370. The van der Waals surface area contributed by atoms with Gasteiger partial charge in [-0.1, -0.05) is 30.3 Å². The van der Waals surface area contributed by atoms with Crippen molar-refractivity contribution in [2.45, 2.75) is 44.9 Å². The molecule has 190 valence electrons. The van der Waals surface area contributed by atoms with Gasteiger partial charge in [0.05, 0.1) is 30.0 Å². The molecular weight excluding hydrogens is 458 g/mol. The minimum absolute atomic E-state index is 0.0295. The summed E-state index contributed by atoms with van der Waals surface area (Å²) in [7, 11) is 1.75. The third-order valence-corrected chi connectivity index (χ3v) is 6.14. The van der Waals surface area contributed by atoms with Crippen molar-refractivity contribution < 1.29 is 19.4 Å². The predicted octanol–water partition coefficient (Wildman–Crippen LogP) is 2.39. The Bertz CT molecular complexity index is 1230. The zero-order valence-corrected chi connectivity index (χ0v) is 20.8. The van der Waals surface area contributed by atoms with Crippen LogP contribution in [0.3, 0.4) is 0 Å². The number of amides is 2. The fourth-order valence-electron chi connectivity index (χ4n) is 4.39. The highest BCUT2D eigenvalue weighted by atomic mass is 16.5. The normalized spacial score (nSPS) is 17.7. The Balaban J connectivity index is 1.68. The summed E-state index contributed by atoms with van der Waals surface area (Å²) in [5, 5.41) is 18.0. The monoisotopic (exact) mass is 491 g/mol. The number of anilines is 1. The van der Waals surface area contributed by atoms with Gasteiger partial charge >= 0.3 is 0 Å². The number of rotatable bonds is 8. The van der Waals surface area contributed by atoms with Crippen molar-refractivity contribution in [2.75, 3.05) is 25.7 Å². The molecular formula is C27H33N5O4. The van der Waals surface area contributed by atoms with Crippen LogP contribution in [0.4, 0.5) is 5.69 Å². The number of aliphatic hydroxyl groups is 1. The van der Waals surface area contributed by atoms with Crippen molar-refractivity contribution in [3.05, 3.63) is 71.0 Å². The first-order valence-electron chi connectivity index (χ1n) is 12.2. The van der Waals surface area contributed by atoms with Gasteiger partial charge in [0, 0.05) is 31.3 Å². The lowest BCUT2D eigenvalue weighted by Crippen LogP contribution is -2.48. The number of ether oxygens (including phenoxy) is 1. The molecule has 0 spiro atoms. The van der Waals surface area contributed by atoms with Gasteiger partial charge in [0.1, 0.15) is 5.69 Å². The van der Waals surface area contributed by atoms with Crippen LogP contribution in [0.2, 0.25) is 0 Å². The van der Waals surface area contributed by atoms with Crippen LogP contribution in [0.25, 0.3) is 10.8 Å². The van der Waals surface area contributed by atoms with Crippen LogP contribution < -0.4 is 21.5 Å². The number of hydrazine groups is 1. The molecule has 1 aromatic heterocycles. The Kier molecular flexibility index (Phi) is 8.14. The third kappa shape index (κ3) is 5.81. The van der Waals surface area contributed by atoms with Gasteiger partial charge in [0.25, 0.3) is 11.8 Å². The lowest BCUT2D eigenvalue weighted by atomic mass is 9.94. The molecule has 2 heterocycles. The third-order valence-electron chi connectivity index (χ3n) is 6.14. The maximum absolute atomic E-state index is 13.4. The number of pyridine rings is 1. The highest BCUT2D eigenvalue weighted by molar-refractivity contribution is 6.09. The average Bonchev–Trinajstić information content (AvgIpc) is 2.86. The van der Waals surface area contributed by atoms with Gasteiger partial charge in [-0.3, -0.25) is 14.6 Å². The summed E-state index contributed by atoms with van der Waals surface area (Å²) < 4.78 is 5.29. The van der Waals surface area contributed by atoms with Crippen LogP contribution in [0, 0.1) is 0 Å². The Labute approximate surface area is 210 Å². The maximum Gasteiger partial charge on any atom is 0.270 e. The molecule has 9 heteroatoms. The SMILES string of the molecule is CNNc1c(C(=O)NC2CCOCC2O)cc(Cc2ccc(C(=O)NC(C)C)nc2)c2ccccc12. The molecule has 4 rings (SSSR count). The van der Waals surface area contributed by atoms with Gasteiger partial charge < -0.3 is 25.9 Å². The predicted molar refractivity (Wildman–Crippen MR) is 139 cm³/mol. The number of benzene rings is 2. The van der Waals surface area contributed by atoms with Crippen molar-refractivity contribution >= 4 is 28.3 Å². The first-order valence-corrected chi connectivity index (χ1v) is 12.2. The lowest BCUT2D eigenvalue weighted by molar-refractivity contribution is -0.0260. The fourth-order valence-corrected chi connectivity index (χ4v) is 4.39. The average molecular weight is 492 g/mol. The number of aliphatic hydroxyl groups excluding tert-OH is 1. The molecule has 36 heavy (non-hydrogen) atoms. The molecule has 2 aromatic carbocycles. The second kappa shape index (κ2) is 11.5. The van der Waals surface area contributed by atoms with Crippen LogP contribution >= 0.6 is 0 Å². The largest absolute Gasteiger partial charge is 0.389 e. The molecule has 1 aliphatic rings. The van der Waals surface area contributed by atoms with Crippen molar-refractivity contribution in [1.29, 1.82) is 0 Å². The first kappa shape index (κ1) is 25.6. The summed E-state index contributed by atoms with van der Waals surface area (Å²) in [6.07, 6.45) is 2.02. The quantitative estimate of drug-likeness (QED) is 0.307. The van der Waals surface area contributed by atoms with E-state index < -0.39 is 6.10 Å². The minimum Gasteiger partial charge on any atom is -0.389 e. The van der Waals surface area contributed by atoms with Gasteiger partial charge in [-0.15, -0.1) is 0 Å². The van der Waals surface area contributed by atoms with E-state index in [1.165, 1.54) is 0 Å². The number of aromatic nitrogens is 1. The van der Waals surface area contributed by atoms with Crippen LogP contribution in [0.1, 0.15) is 52.2 Å². The van der Waals surface area contributed by atoms with Crippen molar-refractivity contribution in [2.24, 2.45) is 0 Å². The van der Waals surface area contributed by atoms with E-state index in [0.29, 0.717) is 36.4 Å². The Hall–Kier alpha value is -3.53. The van der Waals surface area contributed by atoms with Crippen molar-refractivity contribution in [1.82, 2.24) is 21.0 Å². The van der Waals surface area contributed by atoms with E-state index >= 15 is 0 Å². The standard InChI is InChI=1S/C27H33N5O4/c1-16(2)30-27(35)23-9-8-17(14-29-23)12-18-13-21(26(34)31-22-10-11-36-15-24(22)33)25(32-28-3)20-7-5-4-6-19(18)20/h4-9,13-14,16,22,24,28,32-33H,10-12,15H2,1-3H3,(H,30,35)(H,31,34). The Morgan fingerprint density at radius 3 is 2.58 bits per heavy atom. The van der Waals surface area contributed by atoms with E-state index in [2.05, 4.69) is 26.5 Å². The molecule has 2 unspecified atom stereocenters. The van der Waals surface area contributed by atoms with Gasteiger partial charge in [0.2, 0.25) is 0 Å². The van der Waals surface area contributed by atoms with Crippen LogP contribution in [0.15, 0.2) is 48.7 Å². The van der Waals surface area contributed by atoms with Gasteiger partial charge in [-0.2, -0.15) is 0 Å². The molecule has 2 amide bonds. The molecule has 1 fully saturated rings. The van der Waals surface area contributed by atoms with Gasteiger partial charge in [0.15, 0.2) is 0 Å². The van der Waals surface area contributed by atoms with Crippen LogP contribution in [-0.2, 0) is 11.2 Å². The number of nitrogens with one attached hydrogen (secondary N) is 4. The van der Waals surface area contributed by atoms with Crippen LogP contribution in [-0.4, -0.2) is 60.4 Å². The number of hydrogen-bond donors (Lipinski definition) is 5. The van der Waals surface area contributed by atoms with E-state index in [9.17, 15) is 14.7 Å². The van der Waals surface area contributed by atoms with Crippen molar-refractivity contribution in [3.63, 3.8) is 0 Å². The summed E-state index contributed by atoms with van der Waals surface area (Å²) in [5.41, 5.74) is 9.42.